The molecule has 0 saturated carbocycles. The Morgan fingerprint density at radius 2 is 1.00 bits per heavy atom. The first-order valence-electron chi connectivity index (χ1n) is 5.67. The number of ketones is 1. The first-order chi connectivity index (χ1) is 8.86. The molecule has 1 heterocycles. The van der Waals surface area contributed by atoms with Gasteiger partial charge in [-0.15, -0.1) is 10.2 Å². The van der Waals surface area contributed by atoms with Crippen molar-refractivity contribution >= 4 is 17.2 Å². The van der Waals surface area contributed by atoms with Crippen molar-refractivity contribution in [3.8, 4) is 0 Å². The van der Waals surface area contributed by atoms with Gasteiger partial charge in [0.15, 0.2) is 0 Å². The van der Waals surface area contributed by atoms with Crippen molar-refractivity contribution in [2.24, 2.45) is 10.2 Å². The van der Waals surface area contributed by atoms with Crippen LogP contribution in [0.3, 0.4) is 0 Å². The number of Topliss-reactive ketones (excluding diaryl/α,β-unsaturated/α-hetero) is 1. The summed E-state index contributed by atoms with van der Waals surface area (Å²) in [5.74, 6) is -0.118. The highest BCUT2D eigenvalue weighted by molar-refractivity contribution is 6.73. The summed E-state index contributed by atoms with van der Waals surface area (Å²) in [6.07, 6.45) is 0. The van der Waals surface area contributed by atoms with Gasteiger partial charge < -0.3 is 0 Å². The Balaban J connectivity index is 1.93. The summed E-state index contributed by atoms with van der Waals surface area (Å²) in [4.78, 5) is 12.2. The van der Waals surface area contributed by atoms with E-state index in [1.165, 1.54) is 0 Å². The molecule has 0 N–H and O–H groups in total. The van der Waals surface area contributed by atoms with Crippen LogP contribution in [0, 0.1) is 0 Å². The zero-order chi connectivity index (χ0) is 12.4. The van der Waals surface area contributed by atoms with E-state index in [4.69, 9.17) is 0 Å². The molecule has 3 rings (SSSR count). The monoisotopic (exact) mass is 234 g/mol. The highest BCUT2D eigenvalue weighted by Gasteiger charge is 2.26. The Morgan fingerprint density at radius 1 is 0.611 bits per heavy atom. The van der Waals surface area contributed by atoms with E-state index in [1.807, 2.05) is 60.7 Å². The van der Waals surface area contributed by atoms with Crippen molar-refractivity contribution in [2.45, 2.75) is 0 Å². The van der Waals surface area contributed by atoms with Crippen LogP contribution < -0.4 is 0 Å². The molecule has 0 atom stereocenters. The molecule has 0 radical (unpaired) electrons. The van der Waals surface area contributed by atoms with E-state index in [1.54, 1.807) is 0 Å². The molecule has 0 aromatic heterocycles. The van der Waals surface area contributed by atoms with Gasteiger partial charge in [-0.3, -0.25) is 4.79 Å². The van der Waals surface area contributed by atoms with Crippen LogP contribution in [0.1, 0.15) is 11.1 Å². The molecule has 1 aliphatic rings. The van der Waals surface area contributed by atoms with Crippen LogP contribution in [0.25, 0.3) is 0 Å². The predicted molar refractivity (Wildman–Crippen MR) is 71.0 cm³/mol. The van der Waals surface area contributed by atoms with Crippen LogP contribution in [0.2, 0.25) is 0 Å². The second kappa shape index (κ2) is 4.37. The number of hydrogen-bond donors (Lipinski definition) is 0. The van der Waals surface area contributed by atoms with E-state index in [-0.39, 0.29) is 5.78 Å². The molecule has 0 amide bonds. The minimum atomic E-state index is -0.118. The lowest BCUT2D eigenvalue weighted by molar-refractivity contribution is -0.107. The molecule has 0 bridgehead atoms. The molecule has 0 spiro atoms. The molecule has 18 heavy (non-hydrogen) atoms. The topological polar surface area (TPSA) is 41.8 Å². The normalized spacial score (nSPS) is 14.3. The summed E-state index contributed by atoms with van der Waals surface area (Å²) >= 11 is 0. The minimum Gasteiger partial charge on any atom is -0.285 e. The average Bonchev–Trinajstić information content (AvgIpc) is 2.83. The third-order valence-electron chi connectivity index (χ3n) is 2.77. The van der Waals surface area contributed by atoms with Crippen molar-refractivity contribution < 1.29 is 4.79 Å². The van der Waals surface area contributed by atoms with Gasteiger partial charge in [0, 0.05) is 11.1 Å². The van der Waals surface area contributed by atoms with Gasteiger partial charge in [0.1, 0.15) is 11.4 Å². The number of rotatable bonds is 2. The highest BCUT2D eigenvalue weighted by atomic mass is 16.1. The maximum atomic E-state index is 12.2. The Kier molecular flexibility index (Phi) is 2.57. The fourth-order valence-corrected chi connectivity index (χ4v) is 1.87. The summed E-state index contributed by atoms with van der Waals surface area (Å²) in [6, 6.07) is 18.8. The summed E-state index contributed by atoms with van der Waals surface area (Å²) in [5.41, 5.74) is 2.43. The Labute approximate surface area is 104 Å². The predicted octanol–water partition coefficient (Wildman–Crippen LogP) is 2.46. The highest BCUT2D eigenvalue weighted by Crippen LogP contribution is 2.13. The smallest absolute Gasteiger partial charge is 0.234 e. The largest absolute Gasteiger partial charge is 0.285 e. The second-order valence-corrected chi connectivity index (χ2v) is 3.96. The Morgan fingerprint density at radius 3 is 1.39 bits per heavy atom. The lowest BCUT2D eigenvalue weighted by Crippen LogP contribution is -2.21. The molecule has 3 nitrogen and oxygen atoms in total. The molecule has 0 aliphatic carbocycles. The molecule has 3 heteroatoms. The zero-order valence-electron chi connectivity index (χ0n) is 9.58. The Bertz CT molecular complexity index is 585. The van der Waals surface area contributed by atoms with Crippen LogP contribution in [-0.4, -0.2) is 17.2 Å². The van der Waals surface area contributed by atoms with Crippen LogP contribution in [-0.2, 0) is 4.79 Å². The molecule has 2 aromatic rings. The summed E-state index contributed by atoms with van der Waals surface area (Å²) in [6.45, 7) is 0. The van der Waals surface area contributed by atoms with Crippen LogP contribution >= 0.6 is 0 Å². The van der Waals surface area contributed by atoms with Crippen molar-refractivity contribution in [3.63, 3.8) is 0 Å². The quantitative estimate of drug-likeness (QED) is 0.787. The molecular weight excluding hydrogens is 224 g/mol. The van der Waals surface area contributed by atoms with Gasteiger partial charge in [-0.05, 0) is 0 Å². The third kappa shape index (κ3) is 1.76. The van der Waals surface area contributed by atoms with Gasteiger partial charge in [0.2, 0.25) is 5.78 Å². The van der Waals surface area contributed by atoms with E-state index < -0.39 is 0 Å². The van der Waals surface area contributed by atoms with E-state index in [0.717, 1.165) is 11.1 Å². The fraction of sp³-hybridized carbons (Fsp3) is 0. The maximum Gasteiger partial charge on any atom is 0.234 e. The number of nitrogens with zero attached hydrogens (tertiary/aromatic N) is 2. The third-order valence-corrected chi connectivity index (χ3v) is 2.77. The molecule has 0 saturated heterocycles. The van der Waals surface area contributed by atoms with Crippen molar-refractivity contribution in [2.75, 3.05) is 0 Å². The van der Waals surface area contributed by atoms with Crippen LogP contribution in [0.5, 0.6) is 0 Å². The number of carbonyl (C=O) groups excluding carboxylic acids is 1. The molecule has 86 valence electrons. The number of benzene rings is 2. The van der Waals surface area contributed by atoms with E-state index in [0.29, 0.717) is 11.4 Å². The summed E-state index contributed by atoms with van der Waals surface area (Å²) in [5, 5.41) is 8.00. The number of carbonyl (C=O) groups is 1. The maximum absolute atomic E-state index is 12.2. The van der Waals surface area contributed by atoms with Crippen LogP contribution in [0.4, 0.5) is 0 Å². The van der Waals surface area contributed by atoms with Gasteiger partial charge in [-0.1, -0.05) is 60.7 Å². The first-order valence-corrected chi connectivity index (χ1v) is 5.67. The Hall–Kier alpha value is -2.55. The van der Waals surface area contributed by atoms with Crippen molar-refractivity contribution in [1.29, 1.82) is 0 Å². The van der Waals surface area contributed by atoms with Gasteiger partial charge in [0.05, 0.1) is 0 Å². The van der Waals surface area contributed by atoms with E-state index in [2.05, 4.69) is 10.2 Å². The van der Waals surface area contributed by atoms with Gasteiger partial charge in [0.25, 0.3) is 0 Å². The standard InChI is InChI=1S/C15H10N2O/c18-15-13(11-7-3-1-4-8-11)16-17-14(15)12-9-5-2-6-10-12/h1-10H. The lowest BCUT2D eigenvalue weighted by atomic mass is 10.00. The molecule has 0 fully saturated rings. The SMILES string of the molecule is O=C1C(c2ccccc2)=NN=C1c1ccccc1. The van der Waals surface area contributed by atoms with Crippen LogP contribution in [0.15, 0.2) is 70.9 Å². The summed E-state index contributed by atoms with van der Waals surface area (Å²) < 4.78 is 0. The first kappa shape index (κ1) is 10.6. The molecule has 0 unspecified atom stereocenters. The van der Waals surface area contributed by atoms with Gasteiger partial charge >= 0.3 is 0 Å². The van der Waals surface area contributed by atoms with Gasteiger partial charge in [-0.25, -0.2) is 0 Å². The minimum absolute atomic E-state index is 0.118. The zero-order valence-corrected chi connectivity index (χ0v) is 9.58. The second-order valence-electron chi connectivity index (χ2n) is 3.96. The molecule has 2 aromatic carbocycles. The number of hydrogen-bond acceptors (Lipinski definition) is 3. The lowest BCUT2D eigenvalue weighted by Gasteiger charge is -2.00. The fourth-order valence-electron chi connectivity index (χ4n) is 1.87. The van der Waals surface area contributed by atoms with Crippen molar-refractivity contribution in [1.82, 2.24) is 0 Å². The van der Waals surface area contributed by atoms with E-state index >= 15 is 0 Å². The molecule has 1 aliphatic heterocycles. The summed E-state index contributed by atoms with van der Waals surface area (Å²) in [7, 11) is 0. The van der Waals surface area contributed by atoms with Crippen molar-refractivity contribution in [3.05, 3.63) is 71.8 Å². The van der Waals surface area contributed by atoms with E-state index in [9.17, 15) is 4.79 Å². The van der Waals surface area contributed by atoms with Gasteiger partial charge in [-0.2, -0.15) is 0 Å². The average molecular weight is 234 g/mol. The molecular formula is C15H10N2O.